The number of halogens is 2. The molecule has 0 N–H and O–H groups in total. The van der Waals surface area contributed by atoms with E-state index in [0.29, 0.717) is 17.9 Å². The van der Waals surface area contributed by atoms with Crippen molar-refractivity contribution in [2.45, 2.75) is 19.8 Å². The van der Waals surface area contributed by atoms with Gasteiger partial charge in [-0.15, -0.1) is 0 Å². The monoisotopic (exact) mass is 436 g/mol. The first-order chi connectivity index (χ1) is 16.1. The van der Waals surface area contributed by atoms with Crippen LogP contribution in [0.3, 0.4) is 0 Å². The summed E-state index contributed by atoms with van der Waals surface area (Å²) < 4.78 is 33.1. The van der Waals surface area contributed by atoms with Crippen LogP contribution in [0.1, 0.15) is 42.0 Å². The van der Waals surface area contributed by atoms with Crippen molar-refractivity contribution in [3.63, 3.8) is 0 Å². The van der Waals surface area contributed by atoms with Gasteiger partial charge in [-0.3, -0.25) is 0 Å². The fraction of sp³-hybridized carbons (Fsp3) is 0.133. The van der Waals surface area contributed by atoms with E-state index in [1.807, 2.05) is 42.5 Å². The standard InChI is InChI=1S/C30H22F2O/c1-2-3-18-33-29-17-15-25(30(32)21-29)12-10-23-6-4-22(5-7-23)8-9-24-11-13-27-20-28(31)16-14-26(27)19-24/h4-7,11,13-17,19-21H,2-3,18H2,1H3. The molecule has 0 aliphatic heterocycles. The van der Waals surface area contributed by atoms with Crippen LogP contribution in [0, 0.1) is 35.3 Å². The van der Waals surface area contributed by atoms with Gasteiger partial charge in [0.1, 0.15) is 17.4 Å². The van der Waals surface area contributed by atoms with Crippen LogP contribution in [0.15, 0.2) is 78.9 Å². The summed E-state index contributed by atoms with van der Waals surface area (Å²) in [6.07, 6.45) is 1.97. The predicted molar refractivity (Wildman–Crippen MR) is 129 cm³/mol. The third kappa shape index (κ3) is 6.00. The molecule has 0 aliphatic carbocycles. The Bertz CT molecular complexity index is 1400. The molecule has 0 aromatic heterocycles. The molecule has 0 saturated heterocycles. The van der Waals surface area contributed by atoms with Crippen LogP contribution in [0.2, 0.25) is 0 Å². The number of hydrogen-bond acceptors (Lipinski definition) is 1. The highest BCUT2D eigenvalue weighted by atomic mass is 19.1. The molecule has 0 unspecified atom stereocenters. The van der Waals surface area contributed by atoms with E-state index in [-0.39, 0.29) is 5.82 Å². The normalized spacial score (nSPS) is 10.2. The number of benzene rings is 4. The van der Waals surface area contributed by atoms with Crippen molar-refractivity contribution in [2.24, 2.45) is 0 Å². The Morgan fingerprint density at radius 3 is 2.03 bits per heavy atom. The van der Waals surface area contributed by atoms with Gasteiger partial charge >= 0.3 is 0 Å². The summed E-state index contributed by atoms with van der Waals surface area (Å²) in [6, 6.07) is 22.6. The molecule has 0 radical (unpaired) electrons. The molecule has 0 atom stereocenters. The second-order valence-electron chi connectivity index (χ2n) is 7.63. The fourth-order valence-electron chi connectivity index (χ4n) is 3.24. The van der Waals surface area contributed by atoms with E-state index in [0.717, 1.165) is 40.3 Å². The van der Waals surface area contributed by atoms with Crippen LogP contribution in [0.25, 0.3) is 10.8 Å². The average Bonchev–Trinajstić information content (AvgIpc) is 2.83. The van der Waals surface area contributed by atoms with Crippen LogP contribution < -0.4 is 4.74 Å². The Morgan fingerprint density at radius 2 is 1.30 bits per heavy atom. The van der Waals surface area contributed by atoms with Crippen molar-refractivity contribution in [1.29, 1.82) is 0 Å². The van der Waals surface area contributed by atoms with E-state index < -0.39 is 5.82 Å². The molecule has 3 heteroatoms. The number of unbranched alkanes of at least 4 members (excludes halogenated alkanes) is 1. The van der Waals surface area contributed by atoms with Crippen LogP contribution >= 0.6 is 0 Å². The largest absolute Gasteiger partial charge is 0.493 e. The van der Waals surface area contributed by atoms with Gasteiger partial charge in [-0.1, -0.05) is 49.2 Å². The molecule has 0 spiro atoms. The molecule has 0 aliphatic rings. The van der Waals surface area contributed by atoms with Crippen molar-refractivity contribution in [2.75, 3.05) is 6.61 Å². The molecule has 4 aromatic carbocycles. The lowest BCUT2D eigenvalue weighted by Crippen LogP contribution is -1.97. The molecule has 4 rings (SSSR count). The van der Waals surface area contributed by atoms with Gasteiger partial charge in [-0.05, 0) is 77.9 Å². The van der Waals surface area contributed by atoms with Gasteiger partial charge in [0.05, 0.1) is 12.2 Å². The lowest BCUT2D eigenvalue weighted by molar-refractivity contribution is 0.308. The fourth-order valence-corrected chi connectivity index (χ4v) is 3.24. The van der Waals surface area contributed by atoms with Gasteiger partial charge in [-0.25, -0.2) is 8.78 Å². The Morgan fingerprint density at radius 1 is 0.667 bits per heavy atom. The number of rotatable bonds is 4. The van der Waals surface area contributed by atoms with E-state index in [4.69, 9.17) is 4.74 Å². The maximum atomic E-state index is 14.3. The van der Waals surface area contributed by atoms with Crippen molar-refractivity contribution >= 4 is 10.8 Å². The quantitative estimate of drug-likeness (QED) is 0.245. The summed E-state index contributed by atoms with van der Waals surface area (Å²) in [5, 5.41) is 1.79. The number of hydrogen-bond donors (Lipinski definition) is 0. The molecular formula is C30H22F2O. The Balaban J connectivity index is 1.44. The van der Waals surface area contributed by atoms with Gasteiger partial charge in [0.25, 0.3) is 0 Å². The minimum atomic E-state index is -0.392. The zero-order chi connectivity index (χ0) is 23.0. The third-order valence-electron chi connectivity index (χ3n) is 5.09. The Labute approximate surface area is 193 Å². The molecule has 0 fully saturated rings. The van der Waals surface area contributed by atoms with Crippen LogP contribution in [0.5, 0.6) is 5.75 Å². The molecule has 0 saturated carbocycles. The van der Waals surface area contributed by atoms with Gasteiger partial charge in [-0.2, -0.15) is 0 Å². The molecule has 0 bridgehead atoms. The molecular weight excluding hydrogens is 414 g/mol. The minimum Gasteiger partial charge on any atom is -0.493 e. The Hall–Kier alpha value is -4.08. The van der Waals surface area contributed by atoms with Gasteiger partial charge < -0.3 is 4.74 Å². The van der Waals surface area contributed by atoms with E-state index in [2.05, 4.69) is 30.6 Å². The van der Waals surface area contributed by atoms with Crippen molar-refractivity contribution < 1.29 is 13.5 Å². The van der Waals surface area contributed by atoms with Gasteiger partial charge in [0.2, 0.25) is 0 Å². The summed E-state index contributed by atoms with van der Waals surface area (Å²) in [5.41, 5.74) is 2.81. The van der Waals surface area contributed by atoms with Crippen LogP contribution in [-0.2, 0) is 0 Å². The SMILES string of the molecule is CCCCOc1ccc(C#Cc2ccc(C#Cc3ccc4cc(F)ccc4c3)cc2)c(F)c1. The topological polar surface area (TPSA) is 9.23 Å². The van der Waals surface area contributed by atoms with Crippen LogP contribution in [0.4, 0.5) is 8.78 Å². The van der Waals surface area contributed by atoms with E-state index in [1.54, 1.807) is 18.2 Å². The number of ether oxygens (including phenoxy) is 1. The first-order valence-corrected chi connectivity index (χ1v) is 10.9. The average molecular weight is 437 g/mol. The third-order valence-corrected chi connectivity index (χ3v) is 5.09. The summed E-state index contributed by atoms with van der Waals surface area (Å²) in [4.78, 5) is 0. The highest BCUT2D eigenvalue weighted by molar-refractivity contribution is 5.84. The van der Waals surface area contributed by atoms with Crippen molar-refractivity contribution in [3.8, 4) is 29.4 Å². The molecule has 0 heterocycles. The smallest absolute Gasteiger partial charge is 0.142 e. The maximum Gasteiger partial charge on any atom is 0.142 e. The molecule has 0 amide bonds. The Kier molecular flexibility index (Phi) is 7.03. The summed E-state index contributed by atoms with van der Waals surface area (Å²) in [6.45, 7) is 2.66. The molecule has 162 valence electrons. The van der Waals surface area contributed by atoms with Crippen molar-refractivity contribution in [3.05, 3.63) is 113 Å². The first-order valence-electron chi connectivity index (χ1n) is 10.9. The zero-order valence-electron chi connectivity index (χ0n) is 18.3. The zero-order valence-corrected chi connectivity index (χ0v) is 18.3. The summed E-state index contributed by atoms with van der Waals surface area (Å²) >= 11 is 0. The van der Waals surface area contributed by atoms with E-state index in [1.165, 1.54) is 18.2 Å². The first kappa shape index (κ1) is 22.1. The van der Waals surface area contributed by atoms with Gasteiger partial charge in [0, 0.05) is 22.8 Å². The maximum absolute atomic E-state index is 14.3. The number of fused-ring (bicyclic) bond motifs is 1. The highest BCUT2D eigenvalue weighted by Crippen LogP contribution is 2.18. The van der Waals surface area contributed by atoms with Crippen molar-refractivity contribution in [1.82, 2.24) is 0 Å². The van der Waals surface area contributed by atoms with Crippen LogP contribution in [-0.4, -0.2) is 6.61 Å². The molecule has 33 heavy (non-hydrogen) atoms. The van der Waals surface area contributed by atoms with Gasteiger partial charge in [0.15, 0.2) is 0 Å². The lowest BCUT2D eigenvalue weighted by atomic mass is 10.1. The molecule has 1 nitrogen and oxygen atoms in total. The second-order valence-corrected chi connectivity index (χ2v) is 7.63. The predicted octanol–water partition coefficient (Wildman–Crippen LogP) is 7.10. The lowest BCUT2D eigenvalue weighted by Gasteiger charge is -2.05. The second kappa shape index (κ2) is 10.5. The highest BCUT2D eigenvalue weighted by Gasteiger charge is 2.02. The summed E-state index contributed by atoms with van der Waals surface area (Å²) in [7, 11) is 0. The molecule has 4 aromatic rings. The van der Waals surface area contributed by atoms with E-state index >= 15 is 0 Å². The van der Waals surface area contributed by atoms with E-state index in [9.17, 15) is 8.78 Å². The minimum absolute atomic E-state index is 0.249. The summed E-state index contributed by atoms with van der Waals surface area (Å²) in [5.74, 6) is 12.0.